The Bertz CT molecular complexity index is 581. The first-order chi connectivity index (χ1) is 8.11. The van der Waals surface area contributed by atoms with E-state index in [1.54, 1.807) is 13.0 Å². The van der Waals surface area contributed by atoms with Gasteiger partial charge in [0.05, 0.1) is 12.1 Å². The summed E-state index contributed by atoms with van der Waals surface area (Å²) in [5.74, 6) is -0.375. The number of esters is 1. The highest BCUT2D eigenvalue weighted by Crippen LogP contribution is 2.22. The highest BCUT2D eigenvalue weighted by Gasteiger charge is 2.11. The van der Waals surface area contributed by atoms with Gasteiger partial charge < -0.3 is 4.74 Å². The van der Waals surface area contributed by atoms with Gasteiger partial charge in [-0.15, -0.1) is 0 Å². The Kier molecular flexibility index (Phi) is 3.43. The van der Waals surface area contributed by atoms with Crippen LogP contribution in [0.15, 0.2) is 28.7 Å². The Balaban J connectivity index is 2.56. The molecule has 2 aromatic rings. The van der Waals surface area contributed by atoms with Crippen LogP contribution in [0.2, 0.25) is 0 Å². The van der Waals surface area contributed by atoms with Crippen molar-refractivity contribution in [2.24, 2.45) is 0 Å². The molecule has 0 fully saturated rings. The number of aryl methyl sites for hydroxylation is 1. The second-order valence-electron chi connectivity index (χ2n) is 3.71. The van der Waals surface area contributed by atoms with E-state index < -0.39 is 0 Å². The second-order valence-corrected chi connectivity index (χ2v) is 4.62. The van der Waals surface area contributed by atoms with Gasteiger partial charge in [0, 0.05) is 9.86 Å². The van der Waals surface area contributed by atoms with Crippen LogP contribution in [0.5, 0.6) is 0 Å². The first-order valence-electron chi connectivity index (χ1n) is 5.36. The third-order valence-corrected chi connectivity index (χ3v) is 2.96. The number of aromatic nitrogens is 1. The quantitative estimate of drug-likeness (QED) is 0.796. The summed E-state index contributed by atoms with van der Waals surface area (Å²) in [6.45, 7) is 4.10. The van der Waals surface area contributed by atoms with E-state index in [0.29, 0.717) is 12.3 Å². The molecule has 17 heavy (non-hydrogen) atoms. The molecule has 4 heteroatoms. The molecule has 0 atom stereocenters. The minimum atomic E-state index is -0.375. The molecule has 0 aliphatic carbocycles. The van der Waals surface area contributed by atoms with Crippen LogP contribution in [0.25, 0.3) is 10.9 Å². The molecule has 1 heterocycles. The number of pyridine rings is 1. The zero-order chi connectivity index (χ0) is 12.4. The maximum absolute atomic E-state index is 11.6. The number of hydrogen-bond donors (Lipinski definition) is 0. The third kappa shape index (κ3) is 2.47. The summed E-state index contributed by atoms with van der Waals surface area (Å²) < 4.78 is 5.94. The maximum atomic E-state index is 11.6. The minimum Gasteiger partial charge on any atom is -0.461 e. The molecule has 0 N–H and O–H groups in total. The Morgan fingerprint density at radius 3 is 2.88 bits per heavy atom. The molecular formula is C13H12BrNO2. The van der Waals surface area contributed by atoms with Crippen molar-refractivity contribution in [1.29, 1.82) is 0 Å². The molecule has 0 unspecified atom stereocenters. The minimum absolute atomic E-state index is 0.359. The van der Waals surface area contributed by atoms with Crippen LogP contribution in [-0.2, 0) is 4.74 Å². The van der Waals surface area contributed by atoms with Crippen molar-refractivity contribution in [3.63, 3.8) is 0 Å². The summed E-state index contributed by atoms with van der Waals surface area (Å²) in [5.41, 5.74) is 2.18. The first-order valence-corrected chi connectivity index (χ1v) is 6.15. The van der Waals surface area contributed by atoms with Gasteiger partial charge in [-0.05, 0) is 43.7 Å². The Morgan fingerprint density at radius 2 is 2.18 bits per heavy atom. The van der Waals surface area contributed by atoms with Crippen LogP contribution in [0.1, 0.15) is 23.0 Å². The number of carbonyl (C=O) groups excluding carboxylic acids is 1. The first kappa shape index (κ1) is 12.0. The van der Waals surface area contributed by atoms with Crippen LogP contribution < -0.4 is 0 Å². The topological polar surface area (TPSA) is 39.2 Å². The van der Waals surface area contributed by atoms with Gasteiger partial charge in [0.1, 0.15) is 5.69 Å². The predicted molar refractivity (Wildman–Crippen MR) is 70.1 cm³/mol. The summed E-state index contributed by atoms with van der Waals surface area (Å²) >= 11 is 3.42. The SMILES string of the molecule is CCOC(=O)c1cc(C)c2cc(Br)ccc2n1. The summed E-state index contributed by atoms with van der Waals surface area (Å²) in [7, 11) is 0. The van der Waals surface area contributed by atoms with Gasteiger partial charge in [-0.2, -0.15) is 0 Å². The van der Waals surface area contributed by atoms with Gasteiger partial charge in [0.15, 0.2) is 0 Å². The fraction of sp³-hybridized carbons (Fsp3) is 0.231. The number of hydrogen-bond acceptors (Lipinski definition) is 3. The zero-order valence-electron chi connectivity index (χ0n) is 9.66. The molecule has 0 amide bonds. The van der Waals surface area contributed by atoms with Crippen LogP contribution in [0, 0.1) is 6.92 Å². The number of fused-ring (bicyclic) bond motifs is 1. The number of nitrogens with zero attached hydrogens (tertiary/aromatic N) is 1. The Labute approximate surface area is 108 Å². The number of carbonyl (C=O) groups is 1. The van der Waals surface area contributed by atoms with E-state index in [2.05, 4.69) is 20.9 Å². The van der Waals surface area contributed by atoms with Gasteiger partial charge in [-0.25, -0.2) is 9.78 Å². The van der Waals surface area contributed by atoms with Crippen molar-refractivity contribution in [3.8, 4) is 0 Å². The fourth-order valence-corrected chi connectivity index (χ4v) is 2.04. The monoisotopic (exact) mass is 293 g/mol. The number of rotatable bonds is 2. The summed E-state index contributed by atoms with van der Waals surface area (Å²) in [6, 6.07) is 7.54. The van der Waals surface area contributed by atoms with Crippen molar-refractivity contribution in [1.82, 2.24) is 4.98 Å². The van der Waals surface area contributed by atoms with E-state index in [1.165, 1.54) is 0 Å². The molecule has 1 aromatic heterocycles. The molecule has 0 saturated carbocycles. The second kappa shape index (κ2) is 4.84. The Hall–Kier alpha value is -1.42. The van der Waals surface area contributed by atoms with Crippen molar-refractivity contribution >= 4 is 32.8 Å². The lowest BCUT2D eigenvalue weighted by molar-refractivity contribution is 0.0520. The summed E-state index contributed by atoms with van der Waals surface area (Å²) in [6.07, 6.45) is 0. The van der Waals surface area contributed by atoms with Gasteiger partial charge in [0.25, 0.3) is 0 Å². The van der Waals surface area contributed by atoms with Crippen LogP contribution >= 0.6 is 15.9 Å². The molecule has 0 aliphatic heterocycles. The summed E-state index contributed by atoms with van der Waals surface area (Å²) in [5, 5.41) is 1.03. The van der Waals surface area contributed by atoms with Crippen molar-refractivity contribution in [2.45, 2.75) is 13.8 Å². The lowest BCUT2D eigenvalue weighted by Crippen LogP contribution is -2.07. The maximum Gasteiger partial charge on any atom is 0.356 e. The van der Waals surface area contributed by atoms with E-state index >= 15 is 0 Å². The normalized spacial score (nSPS) is 10.5. The number of ether oxygens (including phenoxy) is 1. The average molecular weight is 294 g/mol. The number of benzene rings is 1. The lowest BCUT2D eigenvalue weighted by atomic mass is 10.1. The van der Waals surface area contributed by atoms with Crippen molar-refractivity contribution < 1.29 is 9.53 Å². The molecule has 0 radical (unpaired) electrons. The molecule has 0 aliphatic rings. The largest absolute Gasteiger partial charge is 0.461 e. The van der Waals surface area contributed by atoms with E-state index in [9.17, 15) is 4.79 Å². The van der Waals surface area contributed by atoms with Crippen molar-refractivity contribution in [3.05, 3.63) is 40.0 Å². The van der Waals surface area contributed by atoms with Gasteiger partial charge in [0.2, 0.25) is 0 Å². The standard InChI is InChI=1S/C13H12BrNO2/c1-3-17-13(16)12-6-8(2)10-7-9(14)4-5-11(10)15-12/h4-7H,3H2,1-2H3. The molecule has 1 aromatic carbocycles. The fourth-order valence-electron chi connectivity index (χ4n) is 1.68. The van der Waals surface area contributed by atoms with E-state index in [1.807, 2.05) is 25.1 Å². The van der Waals surface area contributed by atoms with Crippen LogP contribution in [-0.4, -0.2) is 17.6 Å². The number of halogens is 1. The molecule has 3 nitrogen and oxygen atoms in total. The molecule has 0 saturated heterocycles. The van der Waals surface area contributed by atoms with E-state index in [-0.39, 0.29) is 5.97 Å². The van der Waals surface area contributed by atoms with Crippen LogP contribution in [0.3, 0.4) is 0 Å². The smallest absolute Gasteiger partial charge is 0.356 e. The van der Waals surface area contributed by atoms with E-state index in [0.717, 1.165) is 20.9 Å². The molecule has 2 rings (SSSR count). The molecule has 0 spiro atoms. The Morgan fingerprint density at radius 1 is 1.41 bits per heavy atom. The predicted octanol–water partition coefficient (Wildman–Crippen LogP) is 3.48. The lowest BCUT2D eigenvalue weighted by Gasteiger charge is -2.06. The third-order valence-electron chi connectivity index (χ3n) is 2.46. The molecule has 0 bridgehead atoms. The highest BCUT2D eigenvalue weighted by molar-refractivity contribution is 9.10. The highest BCUT2D eigenvalue weighted by atomic mass is 79.9. The van der Waals surface area contributed by atoms with Gasteiger partial charge >= 0.3 is 5.97 Å². The molecule has 88 valence electrons. The van der Waals surface area contributed by atoms with Crippen molar-refractivity contribution in [2.75, 3.05) is 6.61 Å². The molecular weight excluding hydrogens is 282 g/mol. The van der Waals surface area contributed by atoms with Gasteiger partial charge in [-0.1, -0.05) is 15.9 Å². The van der Waals surface area contributed by atoms with Crippen LogP contribution in [0.4, 0.5) is 0 Å². The van der Waals surface area contributed by atoms with E-state index in [4.69, 9.17) is 4.74 Å². The zero-order valence-corrected chi connectivity index (χ0v) is 11.2. The van der Waals surface area contributed by atoms with Gasteiger partial charge in [-0.3, -0.25) is 0 Å². The summed E-state index contributed by atoms with van der Waals surface area (Å²) in [4.78, 5) is 15.9. The average Bonchev–Trinajstić information content (AvgIpc) is 2.30.